The number of fused-ring (bicyclic) bond motifs is 4. The van der Waals surface area contributed by atoms with Gasteiger partial charge in [-0.3, -0.25) is 19.2 Å². The fraction of sp³-hybridized carbons (Fsp3) is 0.102. The van der Waals surface area contributed by atoms with Crippen LogP contribution in [0.2, 0.25) is 0 Å². The van der Waals surface area contributed by atoms with E-state index in [9.17, 15) is 38.4 Å². The summed E-state index contributed by atoms with van der Waals surface area (Å²) in [4.78, 5) is 105. The molecule has 14 heteroatoms. The maximum atomic E-state index is 13.9. The van der Waals surface area contributed by atoms with Gasteiger partial charge in [-0.1, -0.05) is 24.3 Å². The summed E-state index contributed by atoms with van der Waals surface area (Å²) in [7, 11) is 0. The number of aryl methyl sites for hydroxylation is 4. The van der Waals surface area contributed by atoms with E-state index >= 15 is 0 Å². The lowest BCUT2D eigenvalue weighted by Crippen LogP contribution is -2.31. The van der Waals surface area contributed by atoms with Gasteiger partial charge in [-0.2, -0.15) is 0 Å². The topological polar surface area (TPSA) is 180 Å². The number of ether oxygens (including phenoxy) is 4. The van der Waals surface area contributed by atoms with E-state index in [1.165, 1.54) is 60.7 Å². The first-order valence-corrected chi connectivity index (χ1v) is 19.6. The minimum atomic E-state index is -0.776. The zero-order valence-electron chi connectivity index (χ0n) is 33.7. The number of amides is 4. The van der Waals surface area contributed by atoms with Crippen molar-refractivity contribution in [1.82, 2.24) is 0 Å². The summed E-state index contributed by atoms with van der Waals surface area (Å²) in [5.41, 5.74) is 6.67. The number of nitrogens with zero attached hydrogens (tertiary/aromatic N) is 2. The van der Waals surface area contributed by atoms with E-state index in [1.54, 1.807) is 12.1 Å². The molecule has 4 heterocycles. The molecule has 6 aromatic carbocycles. The van der Waals surface area contributed by atoms with Crippen LogP contribution in [0.4, 0.5) is 11.4 Å². The molecule has 0 N–H and O–H groups in total. The Morgan fingerprint density at radius 3 is 1.00 bits per heavy atom. The molecule has 0 fully saturated rings. The maximum absolute atomic E-state index is 13.9. The van der Waals surface area contributed by atoms with Gasteiger partial charge in [-0.25, -0.2) is 29.0 Å². The molecule has 4 aliphatic rings. The van der Waals surface area contributed by atoms with E-state index in [0.717, 1.165) is 20.9 Å². The van der Waals surface area contributed by atoms with Crippen LogP contribution in [0.15, 0.2) is 97.1 Å². The van der Waals surface area contributed by atoms with Crippen molar-refractivity contribution < 1.29 is 57.3 Å². The average molecular weight is 839 g/mol. The predicted octanol–water partition coefficient (Wildman–Crippen LogP) is 8.32. The molecule has 0 spiro atoms. The van der Waals surface area contributed by atoms with E-state index in [2.05, 4.69) is 9.47 Å². The molecule has 14 nitrogen and oxygen atoms in total. The molecule has 0 saturated heterocycles. The quantitative estimate of drug-likeness (QED) is 0.0814. The zero-order chi connectivity index (χ0) is 44.2. The van der Waals surface area contributed by atoms with Crippen molar-refractivity contribution in [3.05, 3.63) is 175 Å². The number of hydrogen-bond donors (Lipinski definition) is 0. The third-order valence-electron chi connectivity index (χ3n) is 11.4. The first kappa shape index (κ1) is 38.7. The van der Waals surface area contributed by atoms with Gasteiger partial charge in [0.2, 0.25) is 0 Å². The first-order valence-electron chi connectivity index (χ1n) is 19.6. The van der Waals surface area contributed by atoms with E-state index in [1.807, 2.05) is 52.0 Å². The number of carbonyl (C=O) groups excluding carboxylic acids is 8. The van der Waals surface area contributed by atoms with Crippen molar-refractivity contribution in [2.45, 2.75) is 34.1 Å². The number of carbonyl (C=O) groups is 8. The first-order chi connectivity index (χ1) is 30.1. The molecular formula is C49H30N2O12. The van der Waals surface area contributed by atoms with E-state index in [0.29, 0.717) is 40.0 Å². The summed E-state index contributed by atoms with van der Waals surface area (Å²) in [6.07, 6.45) is 0.471. The Morgan fingerprint density at radius 1 is 0.365 bits per heavy atom. The number of rotatable bonds is 8. The molecule has 0 bridgehead atoms. The highest BCUT2D eigenvalue weighted by atomic mass is 16.6. The van der Waals surface area contributed by atoms with Gasteiger partial charge >= 0.3 is 23.9 Å². The summed E-state index contributed by atoms with van der Waals surface area (Å²) in [5.74, 6) is -4.04. The normalized spacial score (nSPS) is 14.9. The highest BCUT2D eigenvalue weighted by molar-refractivity contribution is 6.36. The van der Waals surface area contributed by atoms with Crippen molar-refractivity contribution in [2.24, 2.45) is 0 Å². The Bertz CT molecular complexity index is 2960. The fourth-order valence-electron chi connectivity index (χ4n) is 8.74. The number of imide groups is 2. The molecule has 308 valence electrons. The van der Waals surface area contributed by atoms with Gasteiger partial charge < -0.3 is 18.9 Å². The molecule has 0 unspecified atom stereocenters. The summed E-state index contributed by atoms with van der Waals surface area (Å²) < 4.78 is 21.1. The number of anilines is 2. The lowest BCUT2D eigenvalue weighted by Gasteiger charge is -2.22. The summed E-state index contributed by atoms with van der Waals surface area (Å²) in [6, 6.07) is 25.4. The van der Waals surface area contributed by atoms with Gasteiger partial charge in [0.15, 0.2) is 0 Å². The average Bonchev–Trinajstić information content (AvgIpc) is 3.86. The van der Waals surface area contributed by atoms with Crippen LogP contribution in [0, 0.1) is 27.7 Å². The summed E-state index contributed by atoms with van der Waals surface area (Å²) >= 11 is 0. The van der Waals surface area contributed by atoms with Crippen LogP contribution in [-0.2, 0) is 15.9 Å². The van der Waals surface area contributed by atoms with Gasteiger partial charge in [0.1, 0.15) is 23.0 Å². The Labute approximate surface area is 357 Å². The number of benzene rings is 6. The van der Waals surface area contributed by atoms with Crippen LogP contribution in [0.1, 0.15) is 116 Å². The van der Waals surface area contributed by atoms with Crippen molar-refractivity contribution >= 4 is 58.9 Å². The maximum Gasteiger partial charge on any atom is 0.347 e. The lowest BCUT2D eigenvalue weighted by molar-refractivity contribution is 0.0425. The van der Waals surface area contributed by atoms with Gasteiger partial charge in [-0.05, 0) is 140 Å². The van der Waals surface area contributed by atoms with Crippen molar-refractivity contribution in [3.8, 4) is 23.0 Å². The zero-order valence-corrected chi connectivity index (χ0v) is 33.7. The Balaban J connectivity index is 0.855. The van der Waals surface area contributed by atoms with Crippen molar-refractivity contribution in [3.63, 3.8) is 0 Å². The fourth-order valence-corrected chi connectivity index (χ4v) is 8.74. The molecule has 0 saturated carbocycles. The second-order valence-corrected chi connectivity index (χ2v) is 15.6. The third kappa shape index (κ3) is 6.18. The van der Waals surface area contributed by atoms with Gasteiger partial charge in [0.25, 0.3) is 23.6 Å². The standard InChI is InChI=1S/C49H30N2O12/c1-22-13-26(14-23(2)40(22)50-42(52)32-9-5-28(18-36(32)44(50)54)60-30-7-11-34-38(20-30)48(58)62-46(34)56)17-27-15-24(3)41(25(4)16-27)51-43(53)33-10-6-29(19-37(33)45(51)55)61-31-8-12-35-39(21-31)49(59)63-47(35)57/h5-16,18-21H,17H2,1-4H3. The van der Waals surface area contributed by atoms with Gasteiger partial charge in [-0.15, -0.1) is 0 Å². The Hall–Kier alpha value is -8.52. The Morgan fingerprint density at radius 2 is 0.651 bits per heavy atom. The molecule has 4 amide bonds. The monoisotopic (exact) mass is 838 g/mol. The van der Waals surface area contributed by atoms with Crippen LogP contribution >= 0.6 is 0 Å². The number of cyclic esters (lactones) is 4. The van der Waals surface area contributed by atoms with Crippen LogP contribution in [0.25, 0.3) is 0 Å². The van der Waals surface area contributed by atoms with Crippen LogP contribution in [-0.4, -0.2) is 47.5 Å². The van der Waals surface area contributed by atoms with Gasteiger partial charge in [0.05, 0.1) is 55.9 Å². The summed E-state index contributed by atoms with van der Waals surface area (Å²) in [5, 5.41) is 0. The largest absolute Gasteiger partial charge is 0.457 e. The van der Waals surface area contributed by atoms with E-state index < -0.39 is 47.5 Å². The molecule has 4 aliphatic heterocycles. The molecule has 0 atom stereocenters. The third-order valence-corrected chi connectivity index (χ3v) is 11.4. The van der Waals surface area contributed by atoms with E-state index in [-0.39, 0.29) is 67.5 Å². The second kappa shape index (κ2) is 14.0. The highest BCUT2D eigenvalue weighted by Gasteiger charge is 2.40. The molecule has 0 aromatic heterocycles. The Kier molecular flexibility index (Phi) is 8.61. The van der Waals surface area contributed by atoms with Crippen LogP contribution < -0.4 is 19.3 Å². The van der Waals surface area contributed by atoms with Crippen LogP contribution in [0.5, 0.6) is 23.0 Å². The van der Waals surface area contributed by atoms with Crippen molar-refractivity contribution in [2.75, 3.05) is 9.80 Å². The summed E-state index contributed by atoms with van der Waals surface area (Å²) in [6.45, 7) is 7.32. The second-order valence-electron chi connectivity index (χ2n) is 15.6. The molecule has 63 heavy (non-hydrogen) atoms. The highest BCUT2D eigenvalue weighted by Crippen LogP contribution is 2.39. The molecule has 0 radical (unpaired) electrons. The number of esters is 4. The lowest BCUT2D eigenvalue weighted by atomic mass is 9.95. The SMILES string of the molecule is Cc1cc(Cc2cc(C)c(N3C(=O)c4ccc(Oc5ccc6c(c5)C(=O)OC6=O)cc4C3=O)c(C)c2)cc(C)c1N1C(=O)c2ccc(Oc3ccc4c(c3)C(=O)OC4=O)cc2C1=O. The predicted molar refractivity (Wildman–Crippen MR) is 222 cm³/mol. The smallest absolute Gasteiger partial charge is 0.347 e. The molecular weight excluding hydrogens is 809 g/mol. The molecule has 6 aromatic rings. The molecule has 0 aliphatic carbocycles. The number of hydrogen-bond acceptors (Lipinski definition) is 12. The minimum Gasteiger partial charge on any atom is -0.457 e. The van der Waals surface area contributed by atoms with Crippen LogP contribution in [0.3, 0.4) is 0 Å². The van der Waals surface area contributed by atoms with Crippen molar-refractivity contribution in [1.29, 1.82) is 0 Å². The molecule has 10 rings (SSSR count). The van der Waals surface area contributed by atoms with Gasteiger partial charge in [0, 0.05) is 0 Å². The van der Waals surface area contributed by atoms with E-state index in [4.69, 9.17) is 9.47 Å². The minimum absolute atomic E-state index is 0.0734.